The van der Waals surface area contributed by atoms with E-state index in [0.29, 0.717) is 25.1 Å². The number of carbonyl (C=O) groups is 1. The Kier molecular flexibility index (Phi) is 5.04. The number of ether oxygens (including phenoxy) is 1. The Balaban J connectivity index is 1.83. The maximum Gasteiger partial charge on any atom is 0.323 e. The lowest BCUT2D eigenvalue weighted by Gasteiger charge is -2.29. The fraction of sp³-hybridized carbons (Fsp3) is 0.933. The minimum atomic E-state index is -0.695. The smallest absolute Gasteiger partial charge is 0.323 e. The highest BCUT2D eigenvalue weighted by molar-refractivity contribution is 5.79. The van der Waals surface area contributed by atoms with Gasteiger partial charge >= 0.3 is 5.97 Å². The van der Waals surface area contributed by atoms with E-state index < -0.39 is 11.5 Å². The Morgan fingerprint density at radius 1 is 1.45 bits per heavy atom. The zero-order valence-electron chi connectivity index (χ0n) is 12.9. The van der Waals surface area contributed by atoms with Gasteiger partial charge in [-0.2, -0.15) is 0 Å². The van der Waals surface area contributed by atoms with Crippen molar-refractivity contribution in [1.82, 2.24) is 10.2 Å². The van der Waals surface area contributed by atoms with Crippen molar-refractivity contribution in [2.75, 3.05) is 20.2 Å². The molecule has 2 atom stereocenters. The van der Waals surface area contributed by atoms with Crippen LogP contribution in [0.4, 0.5) is 0 Å². The van der Waals surface area contributed by atoms with Crippen LogP contribution in [0, 0.1) is 0 Å². The quantitative estimate of drug-likeness (QED) is 0.707. The van der Waals surface area contributed by atoms with E-state index in [1.807, 2.05) is 13.8 Å². The van der Waals surface area contributed by atoms with Gasteiger partial charge in [-0.1, -0.05) is 0 Å². The predicted molar refractivity (Wildman–Crippen MR) is 77.9 cm³/mol. The summed E-state index contributed by atoms with van der Waals surface area (Å²) < 4.78 is 5.57. The summed E-state index contributed by atoms with van der Waals surface area (Å²) in [5.74, 6) is -0.682. The first kappa shape index (κ1) is 15.7. The first-order valence-electron chi connectivity index (χ1n) is 7.76. The SMILES string of the molecule is CC(C)OCCN(C)C1CCC(NC2CC2)(C(=O)O)C1. The van der Waals surface area contributed by atoms with E-state index in [1.165, 1.54) is 0 Å². The van der Waals surface area contributed by atoms with Crippen molar-refractivity contribution >= 4 is 5.97 Å². The largest absolute Gasteiger partial charge is 0.480 e. The summed E-state index contributed by atoms with van der Waals surface area (Å²) in [7, 11) is 2.07. The standard InChI is InChI=1S/C15H28N2O3/c1-11(2)20-9-8-17(3)13-6-7-15(10-13,14(18)19)16-12-4-5-12/h11-13,16H,4-10H2,1-3H3,(H,18,19). The van der Waals surface area contributed by atoms with Gasteiger partial charge in [0.1, 0.15) is 5.54 Å². The van der Waals surface area contributed by atoms with Gasteiger partial charge in [-0.25, -0.2) is 0 Å². The molecule has 0 aromatic carbocycles. The number of hydrogen-bond acceptors (Lipinski definition) is 4. The zero-order chi connectivity index (χ0) is 14.8. The molecule has 0 aromatic heterocycles. The molecule has 5 nitrogen and oxygen atoms in total. The Labute approximate surface area is 121 Å². The van der Waals surface area contributed by atoms with Crippen molar-refractivity contribution in [1.29, 1.82) is 0 Å². The van der Waals surface area contributed by atoms with Crippen molar-refractivity contribution in [3.63, 3.8) is 0 Å². The van der Waals surface area contributed by atoms with Crippen molar-refractivity contribution in [2.45, 2.75) is 69.7 Å². The highest BCUT2D eigenvalue weighted by Crippen LogP contribution is 2.36. The van der Waals surface area contributed by atoms with E-state index in [2.05, 4.69) is 17.3 Å². The molecule has 0 aliphatic heterocycles. The van der Waals surface area contributed by atoms with Gasteiger partial charge in [0.2, 0.25) is 0 Å². The second kappa shape index (κ2) is 6.41. The molecule has 2 unspecified atom stereocenters. The van der Waals surface area contributed by atoms with Crippen LogP contribution in [0.5, 0.6) is 0 Å². The lowest BCUT2D eigenvalue weighted by atomic mass is 9.97. The number of carboxylic acid groups (broad SMARTS) is 1. The van der Waals surface area contributed by atoms with Crippen LogP contribution in [0.1, 0.15) is 46.0 Å². The molecule has 2 aliphatic carbocycles. The monoisotopic (exact) mass is 284 g/mol. The van der Waals surface area contributed by atoms with Gasteiger partial charge in [-0.05, 0) is 53.0 Å². The van der Waals surface area contributed by atoms with Crippen LogP contribution in [-0.4, -0.2) is 59.9 Å². The molecule has 2 rings (SSSR count). The van der Waals surface area contributed by atoms with E-state index in [4.69, 9.17) is 4.74 Å². The van der Waals surface area contributed by atoms with Gasteiger partial charge in [0.15, 0.2) is 0 Å². The van der Waals surface area contributed by atoms with Crippen LogP contribution in [0.15, 0.2) is 0 Å². The van der Waals surface area contributed by atoms with Gasteiger partial charge < -0.3 is 14.7 Å². The van der Waals surface area contributed by atoms with E-state index in [9.17, 15) is 9.90 Å². The fourth-order valence-corrected chi connectivity index (χ4v) is 3.02. The fourth-order valence-electron chi connectivity index (χ4n) is 3.02. The number of aliphatic carboxylic acids is 1. The summed E-state index contributed by atoms with van der Waals surface area (Å²) in [5.41, 5.74) is -0.695. The Morgan fingerprint density at radius 2 is 2.15 bits per heavy atom. The van der Waals surface area contributed by atoms with Gasteiger partial charge in [0, 0.05) is 18.6 Å². The molecule has 0 saturated heterocycles. The van der Waals surface area contributed by atoms with Gasteiger partial charge in [-0.15, -0.1) is 0 Å². The van der Waals surface area contributed by atoms with Crippen molar-refractivity contribution < 1.29 is 14.6 Å². The third-order valence-electron chi connectivity index (χ3n) is 4.47. The van der Waals surface area contributed by atoms with Crippen LogP contribution >= 0.6 is 0 Å². The molecule has 20 heavy (non-hydrogen) atoms. The average Bonchev–Trinajstić information content (AvgIpc) is 3.05. The Morgan fingerprint density at radius 3 is 2.70 bits per heavy atom. The summed E-state index contributed by atoms with van der Waals surface area (Å²) in [4.78, 5) is 13.9. The molecule has 0 spiro atoms. The highest BCUT2D eigenvalue weighted by atomic mass is 16.5. The normalized spacial score (nSPS) is 30.4. The maximum atomic E-state index is 11.7. The molecule has 2 aliphatic rings. The van der Waals surface area contributed by atoms with E-state index in [1.54, 1.807) is 0 Å². The third kappa shape index (κ3) is 3.93. The molecule has 2 N–H and O–H groups in total. The van der Waals surface area contributed by atoms with Crippen molar-refractivity contribution in [2.24, 2.45) is 0 Å². The second-order valence-corrected chi connectivity index (χ2v) is 6.60. The number of carboxylic acids is 1. The van der Waals surface area contributed by atoms with Crippen LogP contribution in [0.2, 0.25) is 0 Å². The van der Waals surface area contributed by atoms with Crippen molar-refractivity contribution in [3.05, 3.63) is 0 Å². The summed E-state index contributed by atoms with van der Waals surface area (Å²) in [6.07, 6.45) is 4.89. The minimum Gasteiger partial charge on any atom is -0.480 e. The van der Waals surface area contributed by atoms with Gasteiger partial charge in [0.25, 0.3) is 0 Å². The minimum absolute atomic E-state index is 0.252. The molecular weight excluding hydrogens is 256 g/mol. The van der Waals surface area contributed by atoms with Crippen LogP contribution in [0.25, 0.3) is 0 Å². The first-order valence-corrected chi connectivity index (χ1v) is 7.76. The predicted octanol–water partition coefficient (Wildman–Crippen LogP) is 1.47. The number of nitrogens with one attached hydrogen (secondary N) is 1. The molecule has 116 valence electrons. The molecular formula is C15H28N2O3. The van der Waals surface area contributed by atoms with Crippen LogP contribution in [0.3, 0.4) is 0 Å². The lowest BCUT2D eigenvalue weighted by Crippen LogP contribution is -2.52. The molecule has 2 saturated carbocycles. The molecule has 0 amide bonds. The van der Waals surface area contributed by atoms with Gasteiger partial charge in [0.05, 0.1) is 12.7 Å². The summed E-state index contributed by atoms with van der Waals surface area (Å²) >= 11 is 0. The van der Waals surface area contributed by atoms with Gasteiger partial charge in [-0.3, -0.25) is 10.1 Å². The first-order chi connectivity index (χ1) is 9.43. The third-order valence-corrected chi connectivity index (χ3v) is 4.47. The van der Waals surface area contributed by atoms with Crippen LogP contribution < -0.4 is 5.32 Å². The Bertz CT molecular complexity index is 344. The summed E-state index contributed by atoms with van der Waals surface area (Å²) in [5, 5.41) is 13.0. The molecule has 2 fully saturated rings. The lowest BCUT2D eigenvalue weighted by molar-refractivity contribution is -0.145. The number of nitrogens with zero attached hydrogens (tertiary/aromatic N) is 1. The number of hydrogen-bond donors (Lipinski definition) is 2. The molecule has 5 heteroatoms. The second-order valence-electron chi connectivity index (χ2n) is 6.60. The molecule has 0 radical (unpaired) electrons. The van der Waals surface area contributed by atoms with E-state index in [-0.39, 0.29) is 6.10 Å². The number of rotatable bonds is 8. The van der Waals surface area contributed by atoms with E-state index >= 15 is 0 Å². The molecule has 0 heterocycles. The van der Waals surface area contributed by atoms with Crippen LogP contribution in [-0.2, 0) is 9.53 Å². The van der Waals surface area contributed by atoms with Crippen molar-refractivity contribution in [3.8, 4) is 0 Å². The zero-order valence-corrected chi connectivity index (χ0v) is 12.9. The number of likely N-dealkylation sites (N-methyl/N-ethyl adjacent to an activating group) is 1. The molecule has 0 bridgehead atoms. The highest BCUT2D eigenvalue weighted by Gasteiger charge is 2.48. The van der Waals surface area contributed by atoms with E-state index in [0.717, 1.165) is 32.2 Å². The average molecular weight is 284 g/mol. The Hall–Kier alpha value is -0.650. The maximum absolute atomic E-state index is 11.7. The summed E-state index contributed by atoms with van der Waals surface area (Å²) in [6, 6.07) is 0.771. The molecule has 0 aromatic rings. The summed E-state index contributed by atoms with van der Waals surface area (Å²) in [6.45, 7) is 5.64. The topological polar surface area (TPSA) is 61.8 Å².